The van der Waals surface area contributed by atoms with Crippen LogP contribution in [0.25, 0.3) is 0 Å². The lowest BCUT2D eigenvalue weighted by Gasteiger charge is -2.33. The summed E-state index contributed by atoms with van der Waals surface area (Å²) >= 11 is 0. The van der Waals surface area contributed by atoms with Crippen molar-refractivity contribution in [1.82, 2.24) is 4.90 Å². The van der Waals surface area contributed by atoms with Crippen molar-refractivity contribution in [3.8, 4) is 0 Å². The Morgan fingerprint density at radius 2 is 2.27 bits per heavy atom. The van der Waals surface area contributed by atoms with Gasteiger partial charge in [-0.05, 0) is 19.0 Å². The van der Waals surface area contributed by atoms with Crippen LogP contribution in [0, 0.1) is 10.1 Å². The molecule has 0 saturated carbocycles. The normalized spacial score (nSPS) is 21.7. The van der Waals surface area contributed by atoms with E-state index in [9.17, 15) is 14.9 Å². The van der Waals surface area contributed by atoms with Crippen molar-refractivity contribution in [2.75, 3.05) is 37.7 Å². The molecule has 1 atom stereocenters. The molecule has 0 aliphatic carbocycles. The minimum atomic E-state index is -0.487. The maximum absolute atomic E-state index is 12.7. The van der Waals surface area contributed by atoms with E-state index >= 15 is 0 Å². The topological polar surface area (TPSA) is 75.9 Å². The van der Waals surface area contributed by atoms with Gasteiger partial charge in [-0.1, -0.05) is 13.0 Å². The molecule has 22 heavy (non-hydrogen) atoms. The summed E-state index contributed by atoms with van der Waals surface area (Å²) in [5.74, 6) is -0.0996. The first-order valence-corrected chi connectivity index (χ1v) is 7.53. The highest BCUT2D eigenvalue weighted by Crippen LogP contribution is 2.35. The third-order valence-corrected chi connectivity index (χ3v) is 4.34. The summed E-state index contributed by atoms with van der Waals surface area (Å²) < 4.78 is 5.61. The first-order chi connectivity index (χ1) is 10.6. The van der Waals surface area contributed by atoms with Gasteiger partial charge in [-0.3, -0.25) is 19.8 Å². The maximum Gasteiger partial charge on any atom is 0.274 e. The van der Waals surface area contributed by atoms with Crippen LogP contribution in [-0.4, -0.2) is 54.6 Å². The number of nitro benzene ring substituents is 1. The minimum absolute atomic E-state index is 0.0903. The molecule has 0 radical (unpaired) electrons. The van der Waals surface area contributed by atoms with Crippen LogP contribution in [0.4, 0.5) is 11.4 Å². The average molecular weight is 305 g/mol. The van der Waals surface area contributed by atoms with E-state index in [-0.39, 0.29) is 16.5 Å². The van der Waals surface area contributed by atoms with Crippen LogP contribution in [0.1, 0.15) is 12.5 Å². The van der Waals surface area contributed by atoms with Crippen molar-refractivity contribution in [1.29, 1.82) is 0 Å². The average Bonchev–Trinajstić information content (AvgIpc) is 2.97. The molecule has 2 heterocycles. The van der Waals surface area contributed by atoms with Gasteiger partial charge >= 0.3 is 0 Å². The van der Waals surface area contributed by atoms with Crippen molar-refractivity contribution < 1.29 is 14.5 Å². The van der Waals surface area contributed by atoms with Crippen molar-refractivity contribution in [3.63, 3.8) is 0 Å². The molecule has 0 aromatic heterocycles. The zero-order chi connectivity index (χ0) is 15.7. The lowest BCUT2D eigenvalue weighted by atomic mass is 10.1. The number of amides is 1. The molecule has 7 heteroatoms. The van der Waals surface area contributed by atoms with Gasteiger partial charge in [0.1, 0.15) is 6.10 Å². The highest BCUT2D eigenvalue weighted by Gasteiger charge is 2.35. The summed E-state index contributed by atoms with van der Waals surface area (Å²) in [6.45, 7) is 5.37. The van der Waals surface area contributed by atoms with E-state index in [1.165, 1.54) is 6.07 Å². The van der Waals surface area contributed by atoms with Crippen LogP contribution in [0.5, 0.6) is 0 Å². The lowest BCUT2D eigenvalue weighted by molar-refractivity contribution is -0.385. The molecule has 1 saturated heterocycles. The number of anilines is 1. The van der Waals surface area contributed by atoms with Crippen molar-refractivity contribution in [2.45, 2.75) is 19.4 Å². The molecule has 0 N–H and O–H groups in total. The van der Waals surface area contributed by atoms with Crippen molar-refractivity contribution >= 4 is 17.3 Å². The summed E-state index contributed by atoms with van der Waals surface area (Å²) in [5.41, 5.74) is 1.38. The molecule has 1 aromatic carbocycles. The van der Waals surface area contributed by atoms with Gasteiger partial charge in [-0.15, -0.1) is 0 Å². The maximum atomic E-state index is 12.7. The number of rotatable bonds is 3. The number of hydrogen-bond acceptors (Lipinski definition) is 5. The first-order valence-electron chi connectivity index (χ1n) is 7.53. The number of fused-ring (bicyclic) bond motifs is 1. The largest absolute Gasteiger partial charge is 0.366 e. The Hall–Kier alpha value is -1.99. The smallest absolute Gasteiger partial charge is 0.274 e. The number of carbonyl (C=O) groups excluding carboxylic acids is 1. The van der Waals surface area contributed by atoms with Gasteiger partial charge in [0.25, 0.3) is 11.6 Å². The van der Waals surface area contributed by atoms with Crippen LogP contribution < -0.4 is 4.90 Å². The number of nitrogens with zero attached hydrogens (tertiary/aromatic N) is 3. The SMILES string of the molecule is CCN1CCOC(C(=O)N2CCc3c2cccc3[N+](=O)[O-])C1. The molecule has 1 fully saturated rings. The number of hydrogen-bond donors (Lipinski definition) is 0. The van der Waals surface area contributed by atoms with E-state index in [4.69, 9.17) is 4.74 Å². The van der Waals surface area contributed by atoms with Gasteiger partial charge in [0.15, 0.2) is 0 Å². The number of likely N-dealkylation sites (N-methyl/N-ethyl adjacent to an activating group) is 1. The third kappa shape index (κ3) is 2.57. The van der Waals surface area contributed by atoms with Crippen LogP contribution in [-0.2, 0) is 16.0 Å². The lowest BCUT2D eigenvalue weighted by Crippen LogP contribution is -2.50. The summed E-state index contributed by atoms with van der Waals surface area (Å²) in [5, 5.41) is 11.1. The van der Waals surface area contributed by atoms with Crippen LogP contribution in [0.15, 0.2) is 18.2 Å². The van der Waals surface area contributed by atoms with E-state index < -0.39 is 6.10 Å². The highest BCUT2D eigenvalue weighted by molar-refractivity contribution is 5.99. The second-order valence-electron chi connectivity index (χ2n) is 5.52. The predicted octanol–water partition coefficient (Wildman–Crippen LogP) is 1.20. The summed E-state index contributed by atoms with van der Waals surface area (Å²) in [6.07, 6.45) is 0.0292. The fourth-order valence-corrected chi connectivity index (χ4v) is 3.13. The molecule has 1 amide bonds. The summed E-state index contributed by atoms with van der Waals surface area (Å²) in [4.78, 5) is 27.2. The second-order valence-corrected chi connectivity index (χ2v) is 5.52. The summed E-state index contributed by atoms with van der Waals surface area (Å²) in [7, 11) is 0. The molecule has 2 aliphatic rings. The molecule has 7 nitrogen and oxygen atoms in total. The van der Waals surface area contributed by atoms with Gasteiger partial charge in [0.05, 0.1) is 22.8 Å². The first kappa shape index (κ1) is 14.9. The van der Waals surface area contributed by atoms with E-state index in [0.29, 0.717) is 37.4 Å². The van der Waals surface area contributed by atoms with Gasteiger partial charge in [0, 0.05) is 25.7 Å². The standard InChI is InChI=1S/C15H19N3O4/c1-2-16-8-9-22-14(10-16)15(19)17-7-6-11-12(17)4-3-5-13(11)18(20)21/h3-5,14H,2,6-10H2,1H3. The number of benzene rings is 1. The van der Waals surface area contributed by atoms with Crippen molar-refractivity contribution in [2.24, 2.45) is 0 Å². The minimum Gasteiger partial charge on any atom is -0.366 e. The Kier molecular flexibility index (Phi) is 4.08. The molecule has 1 unspecified atom stereocenters. The summed E-state index contributed by atoms with van der Waals surface area (Å²) in [6, 6.07) is 4.89. The van der Waals surface area contributed by atoms with E-state index in [1.54, 1.807) is 17.0 Å². The van der Waals surface area contributed by atoms with Gasteiger partial charge in [-0.2, -0.15) is 0 Å². The van der Waals surface area contributed by atoms with Gasteiger partial charge in [-0.25, -0.2) is 0 Å². The zero-order valence-corrected chi connectivity index (χ0v) is 12.5. The molecule has 0 spiro atoms. The third-order valence-electron chi connectivity index (χ3n) is 4.34. The monoisotopic (exact) mass is 305 g/mol. The van der Waals surface area contributed by atoms with Gasteiger partial charge < -0.3 is 9.64 Å². The Balaban J connectivity index is 1.82. The molecular formula is C15H19N3O4. The Morgan fingerprint density at radius 1 is 1.45 bits per heavy atom. The molecule has 1 aromatic rings. The predicted molar refractivity (Wildman–Crippen MR) is 81.0 cm³/mol. The number of nitro groups is 1. The molecule has 3 rings (SSSR count). The van der Waals surface area contributed by atoms with Gasteiger partial charge in [0.2, 0.25) is 0 Å². The van der Waals surface area contributed by atoms with Crippen molar-refractivity contribution in [3.05, 3.63) is 33.9 Å². The number of carbonyl (C=O) groups is 1. The zero-order valence-electron chi connectivity index (χ0n) is 12.5. The van der Waals surface area contributed by atoms with Crippen LogP contribution in [0.3, 0.4) is 0 Å². The molecule has 2 aliphatic heterocycles. The second kappa shape index (κ2) is 6.02. The fourth-order valence-electron chi connectivity index (χ4n) is 3.13. The highest BCUT2D eigenvalue weighted by atomic mass is 16.6. The molecule has 0 bridgehead atoms. The van der Waals surface area contributed by atoms with E-state index in [0.717, 1.165) is 13.1 Å². The van der Waals surface area contributed by atoms with E-state index in [1.807, 2.05) is 0 Å². The van der Waals surface area contributed by atoms with Crippen LogP contribution >= 0.6 is 0 Å². The Bertz CT molecular complexity index is 604. The number of ether oxygens (including phenoxy) is 1. The quantitative estimate of drug-likeness (QED) is 0.619. The fraction of sp³-hybridized carbons (Fsp3) is 0.533. The van der Waals surface area contributed by atoms with E-state index in [2.05, 4.69) is 11.8 Å². The van der Waals surface area contributed by atoms with Crippen LogP contribution in [0.2, 0.25) is 0 Å². The molecular weight excluding hydrogens is 286 g/mol. The Morgan fingerprint density at radius 3 is 3.00 bits per heavy atom. The molecule has 118 valence electrons. The Labute approximate surface area is 128 Å². The number of morpholine rings is 1.